The molecule has 3 heterocycles. The number of hydrogen-bond donors (Lipinski definition) is 0. The first-order chi connectivity index (χ1) is 11.2. The van der Waals surface area contributed by atoms with Crippen molar-refractivity contribution in [3.63, 3.8) is 0 Å². The highest BCUT2D eigenvalue weighted by atomic mass is 19.1. The zero-order valence-corrected chi connectivity index (χ0v) is 12.2. The molecule has 5 nitrogen and oxygen atoms in total. The van der Waals surface area contributed by atoms with Crippen LogP contribution in [-0.4, -0.2) is 36.1 Å². The highest BCUT2D eigenvalue weighted by molar-refractivity contribution is 5.74. The molecule has 1 fully saturated rings. The Hall–Kier alpha value is -2.70. The zero-order chi connectivity index (χ0) is 15.8. The summed E-state index contributed by atoms with van der Waals surface area (Å²) in [4.78, 5) is 12.1. The molecular formula is C16H14F2N4O. The number of hydrogen-bond acceptors (Lipinski definition) is 5. The van der Waals surface area contributed by atoms with E-state index in [1.165, 1.54) is 24.4 Å². The number of piperazine rings is 1. The molecular weight excluding hydrogens is 302 g/mol. The molecule has 0 saturated carbocycles. The molecule has 0 atom stereocenters. The fraction of sp³-hybridized carbons (Fsp3) is 0.250. The molecule has 0 amide bonds. The second kappa shape index (κ2) is 5.49. The average molecular weight is 316 g/mol. The summed E-state index contributed by atoms with van der Waals surface area (Å²) in [6.07, 6.45) is 1.46. The Morgan fingerprint density at radius 3 is 2.52 bits per heavy atom. The molecule has 1 aromatic carbocycles. The minimum Gasteiger partial charge on any atom is -0.423 e. The average Bonchev–Trinajstić information content (AvgIpc) is 2.98. The predicted molar refractivity (Wildman–Crippen MR) is 82.6 cm³/mol. The standard InChI is InChI=1S/C16H14F2N4O/c17-11-1-2-13-14(9-11)23-16(20-13)22-7-5-21(6-8-22)12-3-4-19-15(18)10-12/h1-4,9-10H,5-8H2. The Balaban J connectivity index is 1.50. The van der Waals surface area contributed by atoms with Crippen LogP contribution in [0.15, 0.2) is 40.9 Å². The van der Waals surface area contributed by atoms with Gasteiger partial charge in [-0.25, -0.2) is 9.37 Å². The van der Waals surface area contributed by atoms with E-state index in [1.54, 1.807) is 12.1 Å². The summed E-state index contributed by atoms with van der Waals surface area (Å²) in [7, 11) is 0. The van der Waals surface area contributed by atoms with Crippen molar-refractivity contribution in [2.75, 3.05) is 36.0 Å². The summed E-state index contributed by atoms with van der Waals surface area (Å²) in [5.74, 6) is -0.823. The maximum Gasteiger partial charge on any atom is 0.298 e. The van der Waals surface area contributed by atoms with Crippen molar-refractivity contribution in [2.45, 2.75) is 0 Å². The minimum atomic E-state index is -0.481. The Morgan fingerprint density at radius 1 is 0.957 bits per heavy atom. The Kier molecular flexibility index (Phi) is 3.33. The van der Waals surface area contributed by atoms with Gasteiger partial charge < -0.3 is 14.2 Å². The number of pyridine rings is 1. The van der Waals surface area contributed by atoms with Crippen LogP contribution in [0.25, 0.3) is 11.1 Å². The van der Waals surface area contributed by atoms with Crippen molar-refractivity contribution in [3.05, 3.63) is 48.3 Å². The number of halogens is 2. The predicted octanol–water partition coefficient (Wildman–Crippen LogP) is 2.83. The number of rotatable bonds is 2. The van der Waals surface area contributed by atoms with Crippen LogP contribution < -0.4 is 9.80 Å². The number of fused-ring (bicyclic) bond motifs is 1. The SMILES string of the molecule is Fc1ccc2nc(N3CCN(c4ccnc(F)c4)CC3)oc2c1. The molecule has 0 aliphatic carbocycles. The maximum absolute atomic E-state index is 13.2. The lowest BCUT2D eigenvalue weighted by atomic mass is 10.3. The third-order valence-corrected chi connectivity index (χ3v) is 3.96. The molecule has 1 aliphatic heterocycles. The maximum atomic E-state index is 13.2. The van der Waals surface area contributed by atoms with Crippen LogP contribution in [-0.2, 0) is 0 Å². The van der Waals surface area contributed by atoms with E-state index in [9.17, 15) is 8.78 Å². The van der Waals surface area contributed by atoms with Gasteiger partial charge in [-0.2, -0.15) is 9.37 Å². The van der Waals surface area contributed by atoms with Crippen molar-refractivity contribution in [2.24, 2.45) is 0 Å². The third-order valence-electron chi connectivity index (χ3n) is 3.96. The van der Waals surface area contributed by atoms with Crippen molar-refractivity contribution in [3.8, 4) is 0 Å². The smallest absolute Gasteiger partial charge is 0.298 e. The molecule has 4 rings (SSSR count). The zero-order valence-electron chi connectivity index (χ0n) is 12.2. The number of nitrogens with zero attached hydrogens (tertiary/aromatic N) is 4. The number of oxazole rings is 1. The highest BCUT2D eigenvalue weighted by Gasteiger charge is 2.21. The molecule has 23 heavy (non-hydrogen) atoms. The van der Waals surface area contributed by atoms with E-state index in [2.05, 4.69) is 14.9 Å². The van der Waals surface area contributed by atoms with Gasteiger partial charge >= 0.3 is 0 Å². The van der Waals surface area contributed by atoms with Crippen molar-refractivity contribution in [1.82, 2.24) is 9.97 Å². The van der Waals surface area contributed by atoms with E-state index in [0.29, 0.717) is 30.2 Å². The second-order valence-corrected chi connectivity index (χ2v) is 5.42. The Bertz CT molecular complexity index is 843. The quantitative estimate of drug-likeness (QED) is 0.680. The van der Waals surface area contributed by atoms with Crippen LogP contribution >= 0.6 is 0 Å². The summed E-state index contributed by atoms with van der Waals surface area (Å²) in [6, 6.07) is 8.02. The van der Waals surface area contributed by atoms with E-state index in [-0.39, 0.29) is 5.82 Å². The summed E-state index contributed by atoms with van der Waals surface area (Å²) in [5.41, 5.74) is 1.90. The molecule has 118 valence electrons. The van der Waals surface area contributed by atoms with Crippen LogP contribution in [0.5, 0.6) is 0 Å². The van der Waals surface area contributed by atoms with Gasteiger partial charge in [-0.1, -0.05) is 0 Å². The molecule has 0 radical (unpaired) electrons. The molecule has 1 saturated heterocycles. The lowest BCUT2D eigenvalue weighted by Crippen LogP contribution is -2.46. The Morgan fingerprint density at radius 2 is 1.74 bits per heavy atom. The van der Waals surface area contributed by atoms with Gasteiger partial charge in [0.15, 0.2) is 5.58 Å². The summed E-state index contributed by atoms with van der Waals surface area (Å²) in [6.45, 7) is 2.82. The minimum absolute atomic E-state index is 0.343. The van der Waals surface area contributed by atoms with Crippen LogP contribution in [0.3, 0.4) is 0 Å². The molecule has 0 unspecified atom stereocenters. The van der Waals surface area contributed by atoms with E-state index in [1.807, 2.05) is 4.90 Å². The van der Waals surface area contributed by atoms with Crippen molar-refractivity contribution < 1.29 is 13.2 Å². The summed E-state index contributed by atoms with van der Waals surface area (Å²) >= 11 is 0. The van der Waals surface area contributed by atoms with Gasteiger partial charge in [0.05, 0.1) is 0 Å². The number of benzene rings is 1. The van der Waals surface area contributed by atoms with E-state index in [4.69, 9.17) is 4.42 Å². The highest BCUT2D eigenvalue weighted by Crippen LogP contribution is 2.24. The molecule has 0 N–H and O–H groups in total. The molecule has 7 heteroatoms. The monoisotopic (exact) mass is 316 g/mol. The number of aromatic nitrogens is 2. The van der Waals surface area contributed by atoms with Gasteiger partial charge in [-0.15, -0.1) is 0 Å². The molecule has 2 aromatic heterocycles. The van der Waals surface area contributed by atoms with E-state index < -0.39 is 5.95 Å². The van der Waals surface area contributed by atoms with Crippen LogP contribution in [0.2, 0.25) is 0 Å². The van der Waals surface area contributed by atoms with Gasteiger partial charge in [0.25, 0.3) is 6.01 Å². The van der Waals surface area contributed by atoms with Gasteiger partial charge in [0, 0.05) is 50.2 Å². The van der Waals surface area contributed by atoms with Crippen LogP contribution in [0.4, 0.5) is 20.5 Å². The largest absolute Gasteiger partial charge is 0.423 e. The normalized spacial score (nSPS) is 15.4. The summed E-state index contributed by atoms with van der Waals surface area (Å²) < 4.78 is 32.1. The molecule has 0 spiro atoms. The van der Waals surface area contributed by atoms with Crippen molar-refractivity contribution in [1.29, 1.82) is 0 Å². The first-order valence-corrected chi connectivity index (χ1v) is 7.36. The Labute approximate surface area is 131 Å². The topological polar surface area (TPSA) is 45.4 Å². The van der Waals surface area contributed by atoms with Gasteiger partial charge in [0.1, 0.15) is 11.3 Å². The molecule has 1 aliphatic rings. The van der Waals surface area contributed by atoms with Gasteiger partial charge in [-0.05, 0) is 18.2 Å². The van der Waals surface area contributed by atoms with E-state index >= 15 is 0 Å². The third kappa shape index (κ3) is 2.69. The summed E-state index contributed by atoms with van der Waals surface area (Å²) in [5, 5.41) is 0. The fourth-order valence-electron chi connectivity index (χ4n) is 2.77. The molecule has 3 aromatic rings. The van der Waals surface area contributed by atoms with Gasteiger partial charge in [-0.3, -0.25) is 0 Å². The lowest BCUT2D eigenvalue weighted by Gasteiger charge is -2.35. The van der Waals surface area contributed by atoms with Crippen LogP contribution in [0.1, 0.15) is 0 Å². The van der Waals surface area contributed by atoms with Crippen LogP contribution in [0, 0.1) is 11.8 Å². The fourth-order valence-corrected chi connectivity index (χ4v) is 2.77. The van der Waals surface area contributed by atoms with Crippen molar-refractivity contribution >= 4 is 22.8 Å². The lowest BCUT2D eigenvalue weighted by molar-refractivity contribution is 0.537. The van der Waals surface area contributed by atoms with E-state index in [0.717, 1.165) is 18.8 Å². The first-order valence-electron chi connectivity index (χ1n) is 7.36. The number of anilines is 2. The van der Waals surface area contributed by atoms with Gasteiger partial charge in [0.2, 0.25) is 5.95 Å². The molecule has 0 bridgehead atoms. The first kappa shape index (κ1) is 13.9. The second-order valence-electron chi connectivity index (χ2n) is 5.42.